The van der Waals surface area contributed by atoms with Gasteiger partial charge in [0.25, 0.3) is 0 Å². The maximum atomic E-state index is 13.8. The van der Waals surface area contributed by atoms with Crippen molar-refractivity contribution in [2.75, 3.05) is 19.6 Å². The van der Waals surface area contributed by atoms with Crippen molar-refractivity contribution >= 4 is 5.91 Å². The zero-order valence-corrected chi connectivity index (χ0v) is 11.3. The number of halogens is 3. The third-order valence-electron chi connectivity index (χ3n) is 3.43. The highest BCUT2D eigenvalue weighted by Gasteiger charge is 2.27. The zero-order valence-electron chi connectivity index (χ0n) is 11.3. The molecule has 0 aromatic heterocycles. The number of nitrogens with one attached hydrogen (secondary N) is 1. The molecule has 3 nitrogen and oxygen atoms in total. The number of hydrogen-bond donors (Lipinski definition) is 1. The van der Waals surface area contributed by atoms with Crippen LogP contribution in [0.4, 0.5) is 13.2 Å². The van der Waals surface area contributed by atoms with Crippen LogP contribution >= 0.6 is 0 Å². The van der Waals surface area contributed by atoms with Crippen LogP contribution in [-0.4, -0.2) is 30.4 Å². The Morgan fingerprint density at radius 3 is 2.80 bits per heavy atom. The number of carbonyl (C=O) groups is 1. The molecule has 1 aromatic rings. The fourth-order valence-electron chi connectivity index (χ4n) is 2.37. The lowest BCUT2D eigenvalue weighted by Crippen LogP contribution is -2.48. The van der Waals surface area contributed by atoms with Gasteiger partial charge in [-0.2, -0.15) is 0 Å². The van der Waals surface area contributed by atoms with Crippen LogP contribution in [0.5, 0.6) is 0 Å². The first-order valence-corrected chi connectivity index (χ1v) is 6.69. The Hall–Kier alpha value is -1.56. The molecular formula is C14H17F3N2O. The Bertz CT molecular complexity index is 507. The van der Waals surface area contributed by atoms with Crippen molar-refractivity contribution in [1.29, 1.82) is 0 Å². The van der Waals surface area contributed by atoms with Crippen LogP contribution in [0.2, 0.25) is 0 Å². The molecule has 1 heterocycles. The molecule has 1 atom stereocenters. The smallest absolute Gasteiger partial charge is 0.222 e. The summed E-state index contributed by atoms with van der Waals surface area (Å²) in [7, 11) is 0. The normalized spacial score (nSPS) is 19.2. The first-order chi connectivity index (χ1) is 9.54. The van der Waals surface area contributed by atoms with Gasteiger partial charge in [0.2, 0.25) is 5.91 Å². The quantitative estimate of drug-likeness (QED) is 0.865. The number of rotatable bonds is 3. The van der Waals surface area contributed by atoms with Gasteiger partial charge in [-0.3, -0.25) is 4.79 Å². The molecule has 1 aromatic carbocycles. The summed E-state index contributed by atoms with van der Waals surface area (Å²) < 4.78 is 40.0. The van der Waals surface area contributed by atoms with Gasteiger partial charge in [0.05, 0.1) is 6.04 Å². The molecule has 0 radical (unpaired) electrons. The summed E-state index contributed by atoms with van der Waals surface area (Å²) in [5.41, 5.74) is 0.0536. The molecule has 20 heavy (non-hydrogen) atoms. The molecule has 1 amide bonds. The summed E-state index contributed by atoms with van der Waals surface area (Å²) in [6, 6.07) is 1.61. The van der Waals surface area contributed by atoms with Crippen LogP contribution in [0.25, 0.3) is 0 Å². The molecule has 0 aliphatic carbocycles. The van der Waals surface area contributed by atoms with Crippen LogP contribution in [0.1, 0.15) is 31.4 Å². The Kier molecular flexibility index (Phi) is 4.65. The van der Waals surface area contributed by atoms with Crippen molar-refractivity contribution < 1.29 is 18.0 Å². The molecule has 1 aliphatic heterocycles. The third kappa shape index (κ3) is 2.95. The van der Waals surface area contributed by atoms with E-state index in [-0.39, 0.29) is 18.0 Å². The van der Waals surface area contributed by atoms with Gasteiger partial charge in [-0.1, -0.05) is 13.0 Å². The Morgan fingerprint density at radius 2 is 2.10 bits per heavy atom. The summed E-state index contributed by atoms with van der Waals surface area (Å²) in [5, 5.41) is 3.03. The number of amides is 1. The SMILES string of the molecule is CCCC(=O)N1CCNC(c2ccc(F)c(F)c2F)C1. The van der Waals surface area contributed by atoms with Crippen molar-refractivity contribution in [3.05, 3.63) is 35.1 Å². The predicted octanol–water partition coefficient (Wildman–Crippen LogP) is 2.38. The van der Waals surface area contributed by atoms with E-state index in [4.69, 9.17) is 0 Å². The van der Waals surface area contributed by atoms with Crippen LogP contribution in [0, 0.1) is 17.5 Å². The molecule has 110 valence electrons. The van der Waals surface area contributed by atoms with Gasteiger partial charge in [0, 0.05) is 31.6 Å². The van der Waals surface area contributed by atoms with E-state index < -0.39 is 23.5 Å². The molecule has 0 bridgehead atoms. The highest BCUT2D eigenvalue weighted by Crippen LogP contribution is 2.24. The average molecular weight is 286 g/mol. The van der Waals surface area contributed by atoms with E-state index in [1.807, 2.05) is 6.92 Å². The minimum Gasteiger partial charge on any atom is -0.340 e. The molecule has 1 unspecified atom stereocenters. The second-order valence-electron chi connectivity index (χ2n) is 4.86. The minimum absolute atomic E-state index is 0.00184. The van der Waals surface area contributed by atoms with Crippen molar-refractivity contribution in [2.45, 2.75) is 25.8 Å². The van der Waals surface area contributed by atoms with E-state index >= 15 is 0 Å². The maximum absolute atomic E-state index is 13.8. The van der Waals surface area contributed by atoms with E-state index in [2.05, 4.69) is 5.32 Å². The van der Waals surface area contributed by atoms with Crippen LogP contribution in [-0.2, 0) is 4.79 Å². The number of nitrogens with zero attached hydrogens (tertiary/aromatic N) is 1. The topological polar surface area (TPSA) is 32.3 Å². The van der Waals surface area contributed by atoms with Gasteiger partial charge in [-0.05, 0) is 12.5 Å². The van der Waals surface area contributed by atoms with Gasteiger partial charge in [-0.15, -0.1) is 0 Å². The number of benzene rings is 1. The Balaban J connectivity index is 2.17. The minimum atomic E-state index is -1.47. The monoisotopic (exact) mass is 286 g/mol. The summed E-state index contributed by atoms with van der Waals surface area (Å²) in [6.45, 7) is 3.21. The molecule has 0 saturated carbocycles. The van der Waals surface area contributed by atoms with Crippen molar-refractivity contribution in [1.82, 2.24) is 10.2 Å². The Morgan fingerprint density at radius 1 is 1.35 bits per heavy atom. The number of hydrogen-bond acceptors (Lipinski definition) is 2. The summed E-state index contributed by atoms with van der Waals surface area (Å²) >= 11 is 0. The highest BCUT2D eigenvalue weighted by atomic mass is 19.2. The fraction of sp³-hybridized carbons (Fsp3) is 0.500. The highest BCUT2D eigenvalue weighted by molar-refractivity contribution is 5.76. The van der Waals surface area contributed by atoms with Gasteiger partial charge in [-0.25, -0.2) is 13.2 Å². The fourth-order valence-corrected chi connectivity index (χ4v) is 2.37. The van der Waals surface area contributed by atoms with E-state index in [1.165, 1.54) is 6.07 Å². The number of carbonyl (C=O) groups excluding carboxylic acids is 1. The summed E-state index contributed by atoms with van der Waals surface area (Å²) in [6.07, 6.45) is 1.18. The zero-order chi connectivity index (χ0) is 14.7. The molecule has 6 heteroatoms. The van der Waals surface area contributed by atoms with Crippen molar-refractivity contribution in [3.63, 3.8) is 0 Å². The van der Waals surface area contributed by atoms with Crippen molar-refractivity contribution in [3.8, 4) is 0 Å². The van der Waals surface area contributed by atoms with Crippen LogP contribution < -0.4 is 5.32 Å². The lowest BCUT2D eigenvalue weighted by atomic mass is 10.0. The predicted molar refractivity (Wildman–Crippen MR) is 68.5 cm³/mol. The molecule has 1 aliphatic rings. The summed E-state index contributed by atoms with van der Waals surface area (Å²) in [5.74, 6) is -3.86. The maximum Gasteiger partial charge on any atom is 0.222 e. The molecule has 0 spiro atoms. The van der Waals surface area contributed by atoms with Crippen LogP contribution in [0.15, 0.2) is 12.1 Å². The van der Waals surface area contributed by atoms with E-state index in [0.29, 0.717) is 19.5 Å². The Labute approximate surface area is 115 Å². The van der Waals surface area contributed by atoms with Gasteiger partial charge < -0.3 is 10.2 Å². The van der Waals surface area contributed by atoms with E-state index in [1.54, 1.807) is 4.90 Å². The standard InChI is InChI=1S/C14H17F3N2O/c1-2-3-12(20)19-7-6-18-11(8-19)9-4-5-10(15)14(17)13(9)16/h4-5,11,18H,2-3,6-8H2,1H3. The molecule has 1 saturated heterocycles. The van der Waals surface area contributed by atoms with Gasteiger partial charge in [0.1, 0.15) is 0 Å². The molecule has 1 fully saturated rings. The largest absolute Gasteiger partial charge is 0.340 e. The van der Waals surface area contributed by atoms with Crippen molar-refractivity contribution in [2.24, 2.45) is 0 Å². The van der Waals surface area contributed by atoms with Crippen LogP contribution in [0.3, 0.4) is 0 Å². The van der Waals surface area contributed by atoms with E-state index in [9.17, 15) is 18.0 Å². The van der Waals surface area contributed by atoms with Gasteiger partial charge >= 0.3 is 0 Å². The molecule has 2 rings (SSSR count). The first-order valence-electron chi connectivity index (χ1n) is 6.69. The molecule has 1 N–H and O–H groups in total. The average Bonchev–Trinajstić information content (AvgIpc) is 2.45. The second-order valence-corrected chi connectivity index (χ2v) is 4.86. The first kappa shape index (κ1) is 14.8. The number of piperazine rings is 1. The lowest BCUT2D eigenvalue weighted by Gasteiger charge is -2.34. The second kappa shape index (κ2) is 6.26. The third-order valence-corrected chi connectivity index (χ3v) is 3.43. The van der Waals surface area contributed by atoms with E-state index in [0.717, 1.165) is 12.5 Å². The van der Waals surface area contributed by atoms with Gasteiger partial charge in [0.15, 0.2) is 17.5 Å². The lowest BCUT2D eigenvalue weighted by molar-refractivity contribution is -0.132. The molecular weight excluding hydrogens is 269 g/mol. The summed E-state index contributed by atoms with van der Waals surface area (Å²) in [4.78, 5) is 13.5.